The highest BCUT2D eigenvalue weighted by Crippen LogP contribution is 2.06. The Morgan fingerprint density at radius 2 is 2.06 bits per heavy atom. The van der Waals surface area contributed by atoms with Gasteiger partial charge in [-0.05, 0) is 18.2 Å². The third kappa shape index (κ3) is 2.12. The lowest BCUT2D eigenvalue weighted by Gasteiger charge is -2.00. The normalized spacial score (nSPS) is 10.1. The summed E-state index contributed by atoms with van der Waals surface area (Å²) >= 11 is 0. The van der Waals surface area contributed by atoms with Gasteiger partial charge in [0.2, 0.25) is 0 Å². The van der Waals surface area contributed by atoms with Gasteiger partial charge in [0.25, 0.3) is 5.91 Å². The number of pyridine rings is 1. The van der Waals surface area contributed by atoms with E-state index in [4.69, 9.17) is 10.8 Å². The number of aromatic nitrogens is 3. The maximum Gasteiger partial charge on any atom is 0.337 e. The quantitative estimate of drug-likeness (QED) is 0.777. The van der Waals surface area contributed by atoms with Crippen LogP contribution in [0, 0.1) is 0 Å². The van der Waals surface area contributed by atoms with Gasteiger partial charge in [0.15, 0.2) is 5.82 Å². The molecule has 0 saturated heterocycles. The Balaban J connectivity index is 2.33. The number of hydrogen-bond acceptors (Lipinski definition) is 4. The molecule has 0 aliphatic rings. The number of primary amides is 1. The molecule has 0 fully saturated rings. The lowest BCUT2D eigenvalue weighted by molar-refractivity contribution is 0.0696. The van der Waals surface area contributed by atoms with Crippen LogP contribution in [0.2, 0.25) is 0 Å². The summed E-state index contributed by atoms with van der Waals surface area (Å²) in [5, 5.41) is 12.6. The zero-order chi connectivity index (χ0) is 12.4. The van der Waals surface area contributed by atoms with Gasteiger partial charge in [-0.25, -0.2) is 14.5 Å². The second-order valence-corrected chi connectivity index (χ2v) is 3.22. The van der Waals surface area contributed by atoms with Crippen molar-refractivity contribution < 1.29 is 14.7 Å². The van der Waals surface area contributed by atoms with Crippen LogP contribution in [0.4, 0.5) is 0 Å². The van der Waals surface area contributed by atoms with Crippen LogP contribution in [0.25, 0.3) is 5.82 Å². The zero-order valence-corrected chi connectivity index (χ0v) is 8.57. The van der Waals surface area contributed by atoms with E-state index in [9.17, 15) is 9.59 Å². The Bertz CT molecular complexity index is 573. The number of nitrogens with two attached hydrogens (primary N) is 1. The van der Waals surface area contributed by atoms with Crippen molar-refractivity contribution in [2.75, 3.05) is 0 Å². The van der Waals surface area contributed by atoms with Crippen LogP contribution in [-0.2, 0) is 0 Å². The molecule has 86 valence electrons. The van der Waals surface area contributed by atoms with E-state index in [1.165, 1.54) is 35.3 Å². The van der Waals surface area contributed by atoms with Gasteiger partial charge < -0.3 is 10.8 Å². The van der Waals surface area contributed by atoms with Crippen molar-refractivity contribution in [1.29, 1.82) is 0 Å². The number of hydrogen-bond donors (Lipinski definition) is 2. The number of amides is 1. The summed E-state index contributed by atoms with van der Waals surface area (Å²) in [6.07, 6.45) is 2.73. The summed E-state index contributed by atoms with van der Waals surface area (Å²) in [6, 6.07) is 4.34. The summed E-state index contributed by atoms with van der Waals surface area (Å²) in [5.41, 5.74) is 5.26. The lowest BCUT2D eigenvalue weighted by atomic mass is 10.3. The number of carboxylic acids is 1. The molecule has 0 radical (unpaired) electrons. The number of rotatable bonds is 3. The van der Waals surface area contributed by atoms with Crippen LogP contribution in [0.15, 0.2) is 30.6 Å². The summed E-state index contributed by atoms with van der Waals surface area (Å²) in [7, 11) is 0. The van der Waals surface area contributed by atoms with E-state index >= 15 is 0 Å². The van der Waals surface area contributed by atoms with Crippen LogP contribution >= 0.6 is 0 Å². The van der Waals surface area contributed by atoms with E-state index in [2.05, 4.69) is 10.1 Å². The summed E-state index contributed by atoms with van der Waals surface area (Å²) in [5.74, 6) is -1.28. The first-order chi connectivity index (χ1) is 8.08. The molecule has 0 aromatic carbocycles. The predicted molar refractivity (Wildman–Crippen MR) is 56.8 cm³/mol. The maximum absolute atomic E-state index is 10.8. The first-order valence-corrected chi connectivity index (χ1v) is 4.63. The van der Waals surface area contributed by atoms with E-state index in [1.807, 2.05) is 0 Å². The molecule has 0 saturated carbocycles. The first kappa shape index (κ1) is 10.8. The fraction of sp³-hybridized carbons (Fsp3) is 0. The van der Waals surface area contributed by atoms with Gasteiger partial charge in [0, 0.05) is 12.4 Å². The highest BCUT2D eigenvalue weighted by molar-refractivity contribution is 5.90. The van der Waals surface area contributed by atoms with Crippen LogP contribution in [0.1, 0.15) is 20.8 Å². The molecule has 7 heteroatoms. The Labute approximate surface area is 95.5 Å². The Kier molecular flexibility index (Phi) is 2.57. The predicted octanol–water partition coefficient (Wildman–Crippen LogP) is 0.0644. The molecular weight excluding hydrogens is 224 g/mol. The van der Waals surface area contributed by atoms with Crippen molar-refractivity contribution in [2.45, 2.75) is 0 Å². The first-order valence-electron chi connectivity index (χ1n) is 4.63. The third-order valence-electron chi connectivity index (χ3n) is 2.07. The minimum Gasteiger partial charge on any atom is -0.478 e. The second kappa shape index (κ2) is 4.05. The highest BCUT2D eigenvalue weighted by atomic mass is 16.4. The number of carbonyl (C=O) groups excluding carboxylic acids is 1. The summed E-state index contributed by atoms with van der Waals surface area (Å²) in [4.78, 5) is 25.4. The zero-order valence-electron chi connectivity index (χ0n) is 8.57. The molecule has 2 heterocycles. The molecule has 0 unspecified atom stereocenters. The molecule has 17 heavy (non-hydrogen) atoms. The topological polar surface area (TPSA) is 111 Å². The fourth-order valence-electron chi connectivity index (χ4n) is 1.23. The van der Waals surface area contributed by atoms with Gasteiger partial charge in [-0.15, -0.1) is 0 Å². The van der Waals surface area contributed by atoms with Crippen molar-refractivity contribution in [3.63, 3.8) is 0 Å². The van der Waals surface area contributed by atoms with E-state index < -0.39 is 11.9 Å². The monoisotopic (exact) mass is 232 g/mol. The van der Waals surface area contributed by atoms with Crippen molar-refractivity contribution in [3.8, 4) is 5.82 Å². The second-order valence-electron chi connectivity index (χ2n) is 3.22. The van der Waals surface area contributed by atoms with Crippen molar-refractivity contribution in [3.05, 3.63) is 41.9 Å². The molecule has 0 bridgehead atoms. The largest absolute Gasteiger partial charge is 0.478 e. The van der Waals surface area contributed by atoms with Crippen LogP contribution < -0.4 is 5.73 Å². The van der Waals surface area contributed by atoms with Gasteiger partial charge in [-0.3, -0.25) is 4.79 Å². The molecule has 2 aromatic rings. The van der Waals surface area contributed by atoms with Crippen LogP contribution in [0.3, 0.4) is 0 Å². The molecule has 0 aliphatic heterocycles. The Morgan fingerprint density at radius 3 is 2.53 bits per heavy atom. The number of aromatic carboxylic acids is 1. The Morgan fingerprint density at radius 1 is 1.29 bits per heavy atom. The van der Waals surface area contributed by atoms with Crippen molar-refractivity contribution in [2.24, 2.45) is 5.73 Å². The van der Waals surface area contributed by atoms with E-state index in [0.717, 1.165) is 0 Å². The standard InChI is InChI=1S/C10H8N4O3/c11-9(15)7-3-4-14(13-7)8-2-1-6(5-12-8)10(16)17/h1-5H,(H2,11,15)(H,16,17). The van der Waals surface area contributed by atoms with Gasteiger partial charge in [0.05, 0.1) is 5.56 Å². The minimum absolute atomic E-state index is 0.0797. The van der Waals surface area contributed by atoms with Gasteiger partial charge in [-0.2, -0.15) is 5.10 Å². The van der Waals surface area contributed by atoms with Crippen LogP contribution in [0.5, 0.6) is 0 Å². The molecule has 0 atom stereocenters. The molecule has 1 amide bonds. The van der Waals surface area contributed by atoms with Crippen molar-refractivity contribution in [1.82, 2.24) is 14.8 Å². The molecular formula is C10H8N4O3. The number of carboxylic acid groups (broad SMARTS) is 1. The average molecular weight is 232 g/mol. The minimum atomic E-state index is -1.05. The maximum atomic E-state index is 10.8. The van der Waals surface area contributed by atoms with Gasteiger partial charge in [0.1, 0.15) is 5.69 Å². The van der Waals surface area contributed by atoms with Gasteiger partial charge >= 0.3 is 5.97 Å². The van der Waals surface area contributed by atoms with E-state index in [0.29, 0.717) is 5.82 Å². The number of nitrogens with zero attached hydrogens (tertiary/aromatic N) is 3. The molecule has 0 aliphatic carbocycles. The average Bonchev–Trinajstić information content (AvgIpc) is 2.78. The Hall–Kier alpha value is -2.70. The SMILES string of the molecule is NC(=O)c1ccn(-c2ccc(C(=O)O)cn2)n1. The fourth-order valence-corrected chi connectivity index (χ4v) is 1.23. The smallest absolute Gasteiger partial charge is 0.337 e. The molecule has 2 aromatic heterocycles. The summed E-state index contributed by atoms with van der Waals surface area (Å²) < 4.78 is 1.34. The molecule has 3 N–H and O–H groups in total. The van der Waals surface area contributed by atoms with Crippen molar-refractivity contribution >= 4 is 11.9 Å². The molecule has 2 rings (SSSR count). The lowest BCUT2D eigenvalue weighted by Crippen LogP contribution is -2.12. The third-order valence-corrected chi connectivity index (χ3v) is 2.07. The number of carbonyl (C=O) groups is 2. The molecule has 0 spiro atoms. The van der Waals surface area contributed by atoms with Gasteiger partial charge in [-0.1, -0.05) is 0 Å². The highest BCUT2D eigenvalue weighted by Gasteiger charge is 2.08. The van der Waals surface area contributed by atoms with Crippen LogP contribution in [-0.4, -0.2) is 31.7 Å². The van der Waals surface area contributed by atoms with E-state index in [-0.39, 0.29) is 11.3 Å². The molecule has 7 nitrogen and oxygen atoms in total. The van der Waals surface area contributed by atoms with E-state index in [1.54, 1.807) is 0 Å². The summed E-state index contributed by atoms with van der Waals surface area (Å²) in [6.45, 7) is 0.